The van der Waals surface area contributed by atoms with E-state index in [-0.39, 0.29) is 0 Å². The van der Waals surface area contributed by atoms with Crippen molar-refractivity contribution in [3.8, 4) is 0 Å². The van der Waals surface area contributed by atoms with Crippen LogP contribution in [0.1, 0.15) is 16.1 Å². The summed E-state index contributed by atoms with van der Waals surface area (Å²) in [6.07, 6.45) is 0. The highest BCUT2D eigenvalue weighted by Crippen LogP contribution is 2.26. The molecule has 74 valence electrons. The Labute approximate surface area is 88.0 Å². The van der Waals surface area contributed by atoms with Crippen molar-refractivity contribution < 1.29 is 0 Å². The van der Waals surface area contributed by atoms with E-state index in [1.807, 2.05) is 7.05 Å². The molecule has 0 atom stereocenters. The molecule has 1 N–H and O–H groups in total. The molecule has 1 aromatic heterocycles. The molecule has 0 fully saturated rings. The van der Waals surface area contributed by atoms with Gasteiger partial charge in [0.2, 0.25) is 0 Å². The molecule has 0 saturated carbocycles. The van der Waals surface area contributed by atoms with Crippen LogP contribution >= 0.6 is 11.3 Å². The van der Waals surface area contributed by atoms with Gasteiger partial charge >= 0.3 is 0 Å². The van der Waals surface area contributed by atoms with Crippen molar-refractivity contribution in [2.75, 3.05) is 7.05 Å². The first-order valence-electron chi connectivity index (χ1n) is 4.72. The van der Waals surface area contributed by atoms with Crippen LogP contribution in [0, 0.1) is 13.8 Å². The van der Waals surface area contributed by atoms with Gasteiger partial charge in [-0.05, 0) is 38.1 Å². The van der Waals surface area contributed by atoms with Crippen molar-refractivity contribution in [2.24, 2.45) is 0 Å². The quantitative estimate of drug-likeness (QED) is 0.817. The summed E-state index contributed by atoms with van der Waals surface area (Å²) in [4.78, 5) is 4.55. The lowest BCUT2D eigenvalue weighted by atomic mass is 10.1. The summed E-state index contributed by atoms with van der Waals surface area (Å²) in [6.45, 7) is 5.08. The molecule has 0 unspecified atom stereocenters. The normalized spacial score (nSPS) is 11.1. The molecule has 0 radical (unpaired) electrons. The number of hydrogen-bond acceptors (Lipinski definition) is 3. The Morgan fingerprint density at radius 1 is 1.36 bits per heavy atom. The van der Waals surface area contributed by atoms with E-state index in [1.54, 1.807) is 11.3 Å². The predicted molar refractivity (Wildman–Crippen MR) is 61.9 cm³/mol. The minimum atomic E-state index is 0.890. The molecule has 0 aliphatic carbocycles. The summed E-state index contributed by atoms with van der Waals surface area (Å²) in [7, 11) is 1.97. The zero-order valence-corrected chi connectivity index (χ0v) is 9.53. The SMILES string of the molecule is CNCc1cc(C)cc2sc(C)nc12. The molecule has 0 amide bonds. The van der Waals surface area contributed by atoms with Crippen molar-refractivity contribution in [1.29, 1.82) is 0 Å². The number of nitrogens with zero attached hydrogens (tertiary/aromatic N) is 1. The molecule has 2 nitrogen and oxygen atoms in total. The van der Waals surface area contributed by atoms with Crippen LogP contribution in [0.15, 0.2) is 12.1 Å². The van der Waals surface area contributed by atoms with Crippen LogP contribution < -0.4 is 5.32 Å². The summed E-state index contributed by atoms with van der Waals surface area (Å²) in [5.41, 5.74) is 3.77. The Hall–Kier alpha value is -0.930. The minimum Gasteiger partial charge on any atom is -0.316 e. The molecule has 2 rings (SSSR count). The van der Waals surface area contributed by atoms with E-state index in [2.05, 4.69) is 36.3 Å². The Balaban J connectivity index is 2.66. The molecule has 0 bridgehead atoms. The lowest BCUT2D eigenvalue weighted by Crippen LogP contribution is -2.05. The fourth-order valence-electron chi connectivity index (χ4n) is 1.69. The highest BCUT2D eigenvalue weighted by atomic mass is 32.1. The van der Waals surface area contributed by atoms with E-state index < -0.39 is 0 Å². The number of benzene rings is 1. The molecule has 1 aromatic carbocycles. The van der Waals surface area contributed by atoms with Crippen LogP contribution in [0.25, 0.3) is 10.2 Å². The van der Waals surface area contributed by atoms with Gasteiger partial charge in [-0.2, -0.15) is 0 Å². The van der Waals surface area contributed by atoms with Crippen LogP contribution in [-0.4, -0.2) is 12.0 Å². The van der Waals surface area contributed by atoms with E-state index in [9.17, 15) is 0 Å². The van der Waals surface area contributed by atoms with Gasteiger partial charge in [0, 0.05) is 6.54 Å². The highest BCUT2D eigenvalue weighted by Gasteiger charge is 2.06. The molecule has 0 spiro atoms. The minimum absolute atomic E-state index is 0.890. The number of aryl methyl sites for hydroxylation is 2. The van der Waals surface area contributed by atoms with Crippen molar-refractivity contribution in [3.05, 3.63) is 28.3 Å². The third-order valence-electron chi connectivity index (χ3n) is 2.19. The third kappa shape index (κ3) is 1.65. The molecule has 3 heteroatoms. The molecule has 0 saturated heterocycles. The summed E-state index contributed by atoms with van der Waals surface area (Å²) in [6, 6.07) is 4.41. The average molecular weight is 206 g/mol. The number of nitrogens with one attached hydrogen (secondary N) is 1. The Bertz CT molecular complexity index is 460. The number of thiazole rings is 1. The molecule has 2 aromatic rings. The second kappa shape index (κ2) is 3.67. The predicted octanol–water partition coefficient (Wildman–Crippen LogP) is 2.63. The van der Waals surface area contributed by atoms with Crippen molar-refractivity contribution in [3.63, 3.8) is 0 Å². The number of aromatic nitrogens is 1. The van der Waals surface area contributed by atoms with E-state index in [0.29, 0.717) is 0 Å². The first kappa shape index (κ1) is 9.62. The lowest BCUT2D eigenvalue weighted by molar-refractivity contribution is 0.821. The van der Waals surface area contributed by atoms with Crippen molar-refractivity contribution in [2.45, 2.75) is 20.4 Å². The second-order valence-corrected chi connectivity index (χ2v) is 4.77. The number of hydrogen-bond donors (Lipinski definition) is 1. The largest absolute Gasteiger partial charge is 0.316 e. The van der Waals surface area contributed by atoms with E-state index in [1.165, 1.54) is 15.8 Å². The van der Waals surface area contributed by atoms with Gasteiger partial charge in [0.15, 0.2) is 0 Å². The summed E-state index contributed by atoms with van der Waals surface area (Å²) < 4.78 is 1.30. The van der Waals surface area contributed by atoms with Crippen LogP contribution in [0.5, 0.6) is 0 Å². The molecule has 0 aliphatic heterocycles. The Morgan fingerprint density at radius 2 is 2.14 bits per heavy atom. The van der Waals surface area contributed by atoms with Crippen LogP contribution in [0.2, 0.25) is 0 Å². The summed E-state index contributed by atoms with van der Waals surface area (Å²) in [5.74, 6) is 0. The molecule has 14 heavy (non-hydrogen) atoms. The van der Waals surface area contributed by atoms with Crippen LogP contribution in [-0.2, 0) is 6.54 Å². The van der Waals surface area contributed by atoms with E-state index in [4.69, 9.17) is 0 Å². The van der Waals surface area contributed by atoms with Gasteiger partial charge in [-0.1, -0.05) is 6.07 Å². The van der Waals surface area contributed by atoms with Crippen molar-refractivity contribution in [1.82, 2.24) is 10.3 Å². The topological polar surface area (TPSA) is 24.9 Å². The third-order valence-corrected chi connectivity index (χ3v) is 3.11. The van der Waals surface area contributed by atoms with Crippen molar-refractivity contribution >= 4 is 21.6 Å². The summed E-state index contributed by atoms with van der Waals surface area (Å²) >= 11 is 1.77. The maximum absolute atomic E-state index is 4.55. The summed E-state index contributed by atoms with van der Waals surface area (Å²) in [5, 5.41) is 4.32. The van der Waals surface area contributed by atoms with Gasteiger partial charge in [0.25, 0.3) is 0 Å². The monoisotopic (exact) mass is 206 g/mol. The van der Waals surface area contributed by atoms with Gasteiger partial charge in [0.1, 0.15) is 0 Å². The first-order chi connectivity index (χ1) is 6.70. The Kier molecular flexibility index (Phi) is 2.52. The zero-order valence-electron chi connectivity index (χ0n) is 8.72. The zero-order chi connectivity index (χ0) is 10.1. The van der Waals surface area contributed by atoms with Gasteiger partial charge < -0.3 is 5.32 Å². The molecular formula is C11H14N2S. The Morgan fingerprint density at radius 3 is 2.86 bits per heavy atom. The fourth-order valence-corrected chi connectivity index (χ4v) is 2.66. The maximum atomic E-state index is 4.55. The first-order valence-corrected chi connectivity index (χ1v) is 5.53. The second-order valence-electron chi connectivity index (χ2n) is 3.53. The smallest absolute Gasteiger partial charge is 0.0907 e. The fraction of sp³-hybridized carbons (Fsp3) is 0.364. The standard InChI is InChI=1S/C11H14N2S/c1-7-4-9(6-12-3)11-10(5-7)14-8(2)13-11/h4-5,12H,6H2,1-3H3. The van der Waals surface area contributed by atoms with Gasteiger partial charge in [-0.3, -0.25) is 0 Å². The van der Waals surface area contributed by atoms with Gasteiger partial charge in [-0.15, -0.1) is 11.3 Å². The highest BCUT2D eigenvalue weighted by molar-refractivity contribution is 7.18. The van der Waals surface area contributed by atoms with E-state index in [0.717, 1.165) is 17.1 Å². The maximum Gasteiger partial charge on any atom is 0.0907 e. The van der Waals surface area contributed by atoms with Crippen LogP contribution in [0.4, 0.5) is 0 Å². The number of fused-ring (bicyclic) bond motifs is 1. The number of rotatable bonds is 2. The molecule has 0 aliphatic rings. The average Bonchev–Trinajstić information content (AvgIpc) is 2.45. The van der Waals surface area contributed by atoms with Gasteiger partial charge in [0.05, 0.1) is 15.2 Å². The van der Waals surface area contributed by atoms with Gasteiger partial charge in [-0.25, -0.2) is 4.98 Å². The molecule has 1 heterocycles. The lowest BCUT2D eigenvalue weighted by Gasteiger charge is -2.02. The van der Waals surface area contributed by atoms with Crippen LogP contribution in [0.3, 0.4) is 0 Å². The van der Waals surface area contributed by atoms with E-state index >= 15 is 0 Å². The molecular weight excluding hydrogens is 192 g/mol.